The zero-order chi connectivity index (χ0) is 28.9. The van der Waals surface area contributed by atoms with E-state index in [9.17, 15) is 22.8 Å². The first-order valence-corrected chi connectivity index (χ1v) is 11.7. The summed E-state index contributed by atoms with van der Waals surface area (Å²) < 4.78 is 55.0. The zero-order valence-corrected chi connectivity index (χ0v) is 21.3. The largest absolute Gasteiger partial charge is 0.504 e. The molecule has 0 atom stereocenters. The minimum absolute atomic E-state index is 0.0790. The number of nitrogen functional groups attached to an aromatic ring is 1. The topological polar surface area (TPSA) is 128 Å². The first-order valence-electron chi connectivity index (χ1n) is 11.7. The molecule has 0 saturated heterocycles. The second-order valence-electron chi connectivity index (χ2n) is 8.92. The van der Waals surface area contributed by atoms with Gasteiger partial charge in [-0.1, -0.05) is 6.07 Å². The third-order valence-corrected chi connectivity index (χ3v) is 6.36. The maximum absolute atomic E-state index is 15.1. The molecular weight excluding hydrogens is 534 g/mol. The van der Waals surface area contributed by atoms with Gasteiger partial charge in [-0.2, -0.15) is 19.3 Å². The van der Waals surface area contributed by atoms with E-state index in [-0.39, 0.29) is 33.0 Å². The van der Waals surface area contributed by atoms with E-state index in [1.165, 1.54) is 32.2 Å². The number of anilines is 1. The highest BCUT2D eigenvalue weighted by Gasteiger charge is 2.32. The van der Waals surface area contributed by atoms with Crippen LogP contribution >= 0.6 is 0 Å². The van der Waals surface area contributed by atoms with Gasteiger partial charge in [0.1, 0.15) is 11.5 Å². The van der Waals surface area contributed by atoms with E-state index < -0.39 is 30.6 Å². The van der Waals surface area contributed by atoms with E-state index in [0.29, 0.717) is 28.0 Å². The number of nitrogens with two attached hydrogens (primary N) is 1. The van der Waals surface area contributed by atoms with Crippen LogP contribution in [0.5, 0.6) is 0 Å². The molecule has 0 fully saturated rings. The van der Waals surface area contributed by atoms with Gasteiger partial charge in [0, 0.05) is 43.7 Å². The quantitative estimate of drug-likeness (QED) is 0.204. The van der Waals surface area contributed by atoms with Gasteiger partial charge in [0.15, 0.2) is 0 Å². The summed E-state index contributed by atoms with van der Waals surface area (Å²) in [4.78, 5) is 34.0. The Hall–Kier alpha value is -5.08. The fourth-order valence-electron chi connectivity index (χ4n) is 4.21. The predicted molar refractivity (Wildman–Crippen MR) is 135 cm³/mol. The van der Waals surface area contributed by atoms with Crippen LogP contribution < -0.4 is 5.73 Å². The average Bonchev–Trinajstić information content (AvgIpc) is 3.55. The Morgan fingerprint density at radius 1 is 1.05 bits per heavy atom. The molecule has 0 bridgehead atoms. The van der Waals surface area contributed by atoms with E-state index >= 15 is 4.39 Å². The van der Waals surface area contributed by atoms with Gasteiger partial charge >= 0.3 is 6.30 Å². The van der Waals surface area contributed by atoms with Crippen molar-refractivity contribution < 1.29 is 27.2 Å². The minimum atomic E-state index is -4.73. The molecule has 0 unspecified atom stereocenters. The number of halogens is 4. The van der Waals surface area contributed by atoms with Crippen LogP contribution in [0.2, 0.25) is 0 Å². The number of rotatable bonds is 4. The molecule has 0 aliphatic carbocycles. The Kier molecular flexibility index (Phi) is 6.36. The first kappa shape index (κ1) is 26.5. The molecule has 40 heavy (non-hydrogen) atoms. The van der Waals surface area contributed by atoms with Gasteiger partial charge in [-0.3, -0.25) is 19.3 Å². The van der Waals surface area contributed by atoms with Gasteiger partial charge < -0.3 is 5.73 Å². The molecule has 5 aromatic rings. The Labute approximate surface area is 223 Å². The molecular formula is C25H21F4N9O2. The highest BCUT2D eigenvalue weighted by molar-refractivity contribution is 6.10. The number of carbonyl (C=O) groups is 2. The Balaban J connectivity index is 1.50. The lowest BCUT2D eigenvalue weighted by Crippen LogP contribution is -2.46. The van der Waals surface area contributed by atoms with Crippen LogP contribution in [0.1, 0.15) is 22.8 Å². The van der Waals surface area contributed by atoms with Crippen molar-refractivity contribution in [2.45, 2.75) is 19.8 Å². The molecule has 15 heteroatoms. The summed E-state index contributed by atoms with van der Waals surface area (Å²) in [7, 11) is 3.07. The molecule has 4 heterocycles. The van der Waals surface area contributed by atoms with Gasteiger partial charge in [-0.25, -0.2) is 15.0 Å². The number of benzene rings is 1. The summed E-state index contributed by atoms with van der Waals surface area (Å²) in [5.74, 6) is -1.88. The van der Waals surface area contributed by atoms with Gasteiger partial charge in [0.25, 0.3) is 5.91 Å². The standard InChI is InChI=1S/C25H21F4N9O2/c1-13(39)36(3)37(12-15-5-7-19(32-22(15)26)20-8-9-38(34-20)25(27,28)29)24(40)14-4-6-18-16(10-14)21-17(23(30)33-18)11-31-35(21)2/h4-11H,12H2,1-3H3,(H2,30,33). The number of hydrogen-bond acceptors (Lipinski definition) is 7. The summed E-state index contributed by atoms with van der Waals surface area (Å²) in [6, 6.07) is 8.30. The molecule has 0 saturated carbocycles. The number of amides is 2. The molecule has 11 nitrogen and oxygen atoms in total. The third-order valence-electron chi connectivity index (χ3n) is 6.36. The maximum Gasteiger partial charge on any atom is 0.504 e. The second kappa shape index (κ2) is 9.59. The van der Waals surface area contributed by atoms with Crippen LogP contribution in [-0.2, 0) is 24.7 Å². The number of alkyl halides is 3. The van der Waals surface area contributed by atoms with Gasteiger partial charge in [-0.15, -0.1) is 13.2 Å². The highest BCUT2D eigenvalue weighted by Crippen LogP contribution is 2.29. The summed E-state index contributed by atoms with van der Waals surface area (Å²) in [6.07, 6.45) is -2.48. The average molecular weight is 555 g/mol. The SMILES string of the molecule is CC(=O)N(C)N(Cc1ccc(-c2ccn(C(F)(F)F)n2)nc1F)C(=O)c1ccc2nc(N)c3cnn(C)c3c2c1. The van der Waals surface area contributed by atoms with Crippen molar-refractivity contribution >= 4 is 39.4 Å². The van der Waals surface area contributed by atoms with Gasteiger partial charge in [-0.05, 0) is 30.3 Å². The van der Waals surface area contributed by atoms with Crippen LogP contribution in [0.3, 0.4) is 0 Å². The second-order valence-corrected chi connectivity index (χ2v) is 8.92. The normalized spacial score (nSPS) is 11.8. The molecule has 2 N–H and O–H groups in total. The molecule has 0 aliphatic rings. The van der Waals surface area contributed by atoms with Crippen LogP contribution in [0.15, 0.2) is 48.8 Å². The number of fused-ring (bicyclic) bond motifs is 3. The van der Waals surface area contributed by atoms with E-state index in [1.54, 1.807) is 30.1 Å². The Bertz CT molecular complexity index is 1790. The van der Waals surface area contributed by atoms with E-state index in [0.717, 1.165) is 16.1 Å². The lowest BCUT2D eigenvalue weighted by molar-refractivity contribution is -0.212. The number of aromatic nitrogens is 6. The third kappa shape index (κ3) is 4.65. The zero-order valence-electron chi connectivity index (χ0n) is 21.3. The number of aryl methyl sites for hydroxylation is 1. The van der Waals surface area contributed by atoms with Crippen LogP contribution in [0, 0.1) is 5.95 Å². The van der Waals surface area contributed by atoms with Crippen LogP contribution in [-0.4, -0.2) is 58.4 Å². The summed E-state index contributed by atoms with van der Waals surface area (Å²) in [6.45, 7) is 0.839. The predicted octanol–water partition coefficient (Wildman–Crippen LogP) is 3.61. The van der Waals surface area contributed by atoms with Crippen molar-refractivity contribution in [3.63, 3.8) is 0 Å². The molecule has 0 spiro atoms. The summed E-state index contributed by atoms with van der Waals surface area (Å²) in [5.41, 5.74) is 6.99. The van der Waals surface area contributed by atoms with Crippen molar-refractivity contribution in [3.8, 4) is 11.4 Å². The Morgan fingerprint density at radius 2 is 1.80 bits per heavy atom. The molecule has 1 aromatic carbocycles. The van der Waals surface area contributed by atoms with Crippen molar-refractivity contribution in [2.24, 2.45) is 7.05 Å². The molecule has 4 aromatic heterocycles. The number of hydrazine groups is 1. The van der Waals surface area contributed by atoms with Crippen molar-refractivity contribution in [1.82, 2.24) is 39.5 Å². The fourth-order valence-corrected chi connectivity index (χ4v) is 4.21. The molecule has 206 valence electrons. The monoisotopic (exact) mass is 555 g/mol. The van der Waals surface area contributed by atoms with E-state index in [2.05, 4.69) is 20.2 Å². The summed E-state index contributed by atoms with van der Waals surface area (Å²) >= 11 is 0. The van der Waals surface area contributed by atoms with Crippen molar-refractivity contribution in [2.75, 3.05) is 12.8 Å². The van der Waals surface area contributed by atoms with Crippen molar-refractivity contribution in [3.05, 3.63) is 65.9 Å². The number of pyridine rings is 2. The van der Waals surface area contributed by atoms with Gasteiger partial charge in [0.05, 0.1) is 34.9 Å². The van der Waals surface area contributed by atoms with Crippen LogP contribution in [0.4, 0.5) is 23.4 Å². The van der Waals surface area contributed by atoms with Crippen molar-refractivity contribution in [1.29, 1.82) is 0 Å². The molecule has 0 aliphatic heterocycles. The molecule has 0 radical (unpaired) electrons. The lowest BCUT2D eigenvalue weighted by Gasteiger charge is -2.31. The number of hydrogen-bond donors (Lipinski definition) is 1. The Morgan fingerprint density at radius 3 is 2.45 bits per heavy atom. The number of nitrogens with zero attached hydrogens (tertiary/aromatic N) is 8. The smallest absolute Gasteiger partial charge is 0.383 e. The van der Waals surface area contributed by atoms with E-state index in [4.69, 9.17) is 5.73 Å². The first-order chi connectivity index (χ1) is 18.8. The minimum Gasteiger partial charge on any atom is -0.383 e. The molecule has 5 rings (SSSR count). The lowest BCUT2D eigenvalue weighted by atomic mass is 10.1. The fraction of sp³-hybridized carbons (Fsp3) is 0.200. The highest BCUT2D eigenvalue weighted by atomic mass is 19.4. The van der Waals surface area contributed by atoms with Gasteiger partial charge in [0.2, 0.25) is 11.9 Å². The summed E-state index contributed by atoms with van der Waals surface area (Å²) in [5, 5.41) is 10.9. The maximum atomic E-state index is 15.1. The number of carbonyl (C=O) groups excluding carboxylic acids is 2. The van der Waals surface area contributed by atoms with Crippen LogP contribution in [0.25, 0.3) is 33.2 Å². The molecule has 2 amide bonds. The van der Waals surface area contributed by atoms with E-state index in [1.807, 2.05) is 0 Å².